The molecule has 0 saturated carbocycles. The Kier molecular flexibility index (Phi) is 6.85. The van der Waals surface area contributed by atoms with Gasteiger partial charge in [0.1, 0.15) is 0 Å². The molecule has 158 valence electrons. The highest BCUT2D eigenvalue weighted by molar-refractivity contribution is 6.66. The van der Waals surface area contributed by atoms with Crippen LogP contribution < -0.4 is 4.90 Å². The Morgan fingerprint density at radius 3 is 2.17 bits per heavy atom. The summed E-state index contributed by atoms with van der Waals surface area (Å²) in [5, 5.41) is 0. The van der Waals surface area contributed by atoms with Crippen LogP contribution in [0.15, 0.2) is 48.7 Å². The summed E-state index contributed by atoms with van der Waals surface area (Å²) < 4.78 is -1.75. The summed E-state index contributed by atoms with van der Waals surface area (Å²) >= 11 is 18.3. The molecule has 0 saturated heterocycles. The zero-order valence-electron chi connectivity index (χ0n) is 17.4. The molecule has 0 aliphatic carbocycles. The fraction of sp³-hybridized carbons (Fsp3) is 0.364. The minimum Gasteiger partial charge on any atom is -0.343 e. The van der Waals surface area contributed by atoms with Gasteiger partial charge in [-0.05, 0) is 23.1 Å². The van der Waals surface area contributed by atoms with Gasteiger partial charge < -0.3 is 4.90 Å². The van der Waals surface area contributed by atoms with Gasteiger partial charge >= 0.3 is 0 Å². The Balaban J connectivity index is 1.92. The van der Waals surface area contributed by atoms with E-state index in [1.165, 1.54) is 5.56 Å². The maximum atomic E-state index is 6.10. The van der Waals surface area contributed by atoms with E-state index in [4.69, 9.17) is 34.8 Å². The first-order valence-electron chi connectivity index (χ1n) is 9.59. The van der Waals surface area contributed by atoms with Crippen molar-refractivity contribution >= 4 is 40.8 Å². The van der Waals surface area contributed by atoms with E-state index in [-0.39, 0.29) is 11.2 Å². The molecule has 0 aliphatic rings. The maximum absolute atomic E-state index is 6.10. The summed E-state index contributed by atoms with van der Waals surface area (Å²) in [4.78, 5) is 19.7. The van der Waals surface area contributed by atoms with Crippen molar-refractivity contribution in [3.05, 3.63) is 65.7 Å². The van der Waals surface area contributed by atoms with Crippen molar-refractivity contribution in [1.82, 2.24) is 19.9 Å². The number of anilines is 1. The van der Waals surface area contributed by atoms with Crippen molar-refractivity contribution in [1.29, 1.82) is 0 Å². The molecule has 0 bridgehead atoms. The second-order valence-electron chi connectivity index (χ2n) is 8.10. The first kappa shape index (κ1) is 22.7. The molecule has 0 spiro atoms. The predicted molar refractivity (Wildman–Crippen MR) is 124 cm³/mol. The van der Waals surface area contributed by atoms with Gasteiger partial charge in [0.25, 0.3) is 0 Å². The van der Waals surface area contributed by atoms with Crippen LogP contribution in [0.25, 0.3) is 11.4 Å². The molecule has 0 fully saturated rings. The van der Waals surface area contributed by atoms with Gasteiger partial charge in [0.2, 0.25) is 9.74 Å². The third-order valence-electron chi connectivity index (χ3n) is 4.66. The number of alkyl halides is 3. The molecule has 0 unspecified atom stereocenters. The second-order valence-corrected chi connectivity index (χ2v) is 10.4. The van der Waals surface area contributed by atoms with Crippen LogP contribution in [-0.2, 0) is 15.6 Å². The van der Waals surface area contributed by atoms with Crippen molar-refractivity contribution < 1.29 is 0 Å². The van der Waals surface area contributed by atoms with E-state index in [1.54, 1.807) is 6.20 Å². The number of rotatable bonds is 5. The average molecular weight is 465 g/mol. The van der Waals surface area contributed by atoms with E-state index < -0.39 is 3.79 Å². The van der Waals surface area contributed by atoms with E-state index in [0.29, 0.717) is 18.3 Å². The van der Waals surface area contributed by atoms with Crippen LogP contribution in [0.5, 0.6) is 0 Å². The summed E-state index contributed by atoms with van der Waals surface area (Å²) in [6, 6.07) is 13.9. The van der Waals surface area contributed by atoms with Crippen molar-refractivity contribution in [2.45, 2.75) is 36.4 Å². The van der Waals surface area contributed by atoms with Crippen LogP contribution in [-0.4, -0.2) is 33.5 Å². The number of pyridine rings is 1. The predicted octanol–water partition coefficient (Wildman–Crippen LogP) is 5.74. The van der Waals surface area contributed by atoms with Crippen molar-refractivity contribution in [3.63, 3.8) is 0 Å². The number of nitrogens with zero attached hydrogens (tertiary/aromatic N) is 5. The van der Waals surface area contributed by atoms with Crippen LogP contribution in [0.1, 0.15) is 37.9 Å². The lowest BCUT2D eigenvalue weighted by Crippen LogP contribution is -2.25. The number of aromatic nitrogens is 4. The molecule has 2 aromatic heterocycles. The van der Waals surface area contributed by atoms with Gasteiger partial charge in [-0.15, -0.1) is 0 Å². The third kappa shape index (κ3) is 5.81. The summed E-state index contributed by atoms with van der Waals surface area (Å²) in [7, 11) is 1.90. The highest BCUT2D eigenvalue weighted by atomic mass is 35.6. The Labute approximate surface area is 192 Å². The third-order valence-corrected chi connectivity index (χ3v) is 5.16. The van der Waals surface area contributed by atoms with Crippen LogP contribution in [0, 0.1) is 0 Å². The average Bonchev–Trinajstić information content (AvgIpc) is 2.71. The van der Waals surface area contributed by atoms with Crippen LogP contribution >= 0.6 is 34.8 Å². The van der Waals surface area contributed by atoms with Crippen molar-refractivity contribution in [2.75, 3.05) is 18.5 Å². The summed E-state index contributed by atoms with van der Waals surface area (Å²) in [6.45, 7) is 7.16. The fourth-order valence-corrected chi connectivity index (χ4v) is 3.09. The summed E-state index contributed by atoms with van der Waals surface area (Å²) in [6.07, 6.45) is 2.51. The van der Waals surface area contributed by atoms with E-state index in [2.05, 4.69) is 52.8 Å². The molecule has 0 atom stereocenters. The SMILES string of the molecule is CN(CCc1ccccn1)c1nc(-c2ccc(C(C)(C)C)cc2)nc(C(Cl)(Cl)Cl)n1. The van der Waals surface area contributed by atoms with E-state index in [0.717, 1.165) is 17.7 Å². The van der Waals surface area contributed by atoms with Crippen molar-refractivity contribution in [2.24, 2.45) is 0 Å². The number of likely N-dealkylation sites (N-methyl/N-ethyl adjacent to an activating group) is 1. The topological polar surface area (TPSA) is 54.8 Å². The molecule has 3 rings (SSSR count). The normalized spacial score (nSPS) is 12.1. The zero-order chi connectivity index (χ0) is 21.9. The monoisotopic (exact) mass is 463 g/mol. The van der Waals surface area contributed by atoms with E-state index in [9.17, 15) is 0 Å². The number of benzene rings is 1. The summed E-state index contributed by atoms with van der Waals surface area (Å²) in [5.74, 6) is 1.00. The smallest absolute Gasteiger partial charge is 0.250 e. The van der Waals surface area contributed by atoms with E-state index in [1.807, 2.05) is 42.3 Å². The molecule has 2 heterocycles. The molecule has 5 nitrogen and oxygen atoms in total. The van der Waals surface area contributed by atoms with Crippen molar-refractivity contribution in [3.8, 4) is 11.4 Å². The van der Waals surface area contributed by atoms with Gasteiger partial charge in [0.05, 0.1) is 0 Å². The maximum Gasteiger partial charge on any atom is 0.250 e. The van der Waals surface area contributed by atoms with Crippen LogP contribution in [0.4, 0.5) is 5.95 Å². The van der Waals surface area contributed by atoms with Gasteiger partial charge in [-0.3, -0.25) is 4.98 Å². The molecule has 0 N–H and O–H groups in total. The van der Waals surface area contributed by atoms with Crippen LogP contribution in [0.3, 0.4) is 0 Å². The number of halogens is 3. The minimum absolute atomic E-state index is 0.0528. The lowest BCUT2D eigenvalue weighted by atomic mass is 9.87. The zero-order valence-corrected chi connectivity index (χ0v) is 19.7. The molecular weight excluding hydrogens is 441 g/mol. The lowest BCUT2D eigenvalue weighted by molar-refractivity contribution is 0.590. The highest BCUT2D eigenvalue weighted by Gasteiger charge is 2.29. The Morgan fingerprint density at radius 2 is 1.60 bits per heavy atom. The first-order chi connectivity index (χ1) is 14.0. The highest BCUT2D eigenvalue weighted by Crippen LogP contribution is 2.37. The van der Waals surface area contributed by atoms with Gasteiger partial charge in [-0.25, -0.2) is 4.98 Å². The fourth-order valence-electron chi connectivity index (χ4n) is 2.84. The van der Waals surface area contributed by atoms with Crippen LogP contribution in [0.2, 0.25) is 0 Å². The minimum atomic E-state index is -1.75. The van der Waals surface area contributed by atoms with Gasteiger partial charge in [-0.1, -0.05) is 85.9 Å². The molecule has 8 heteroatoms. The Bertz CT molecular complexity index is 980. The van der Waals surface area contributed by atoms with Gasteiger partial charge in [0.15, 0.2) is 11.6 Å². The molecule has 30 heavy (non-hydrogen) atoms. The first-order valence-corrected chi connectivity index (χ1v) is 10.7. The summed E-state index contributed by atoms with van der Waals surface area (Å²) in [5.41, 5.74) is 3.09. The molecule has 0 aliphatic heterocycles. The van der Waals surface area contributed by atoms with Gasteiger partial charge in [-0.2, -0.15) is 9.97 Å². The lowest BCUT2D eigenvalue weighted by Gasteiger charge is -2.21. The molecule has 3 aromatic rings. The molecule has 0 amide bonds. The van der Waals surface area contributed by atoms with Gasteiger partial charge in [0, 0.05) is 37.5 Å². The molecular formula is C22H24Cl3N5. The Morgan fingerprint density at radius 1 is 0.900 bits per heavy atom. The number of hydrogen-bond acceptors (Lipinski definition) is 5. The quantitative estimate of drug-likeness (QED) is 0.451. The molecule has 1 aromatic carbocycles. The number of hydrogen-bond donors (Lipinski definition) is 0. The molecule has 0 radical (unpaired) electrons. The standard InChI is InChI=1S/C22H24Cl3N5/c1-21(2,3)16-10-8-15(9-11-16)18-27-19(22(23,24)25)29-20(28-18)30(4)14-12-17-7-5-6-13-26-17/h5-11,13H,12,14H2,1-4H3. The Hall–Kier alpha value is -1.95. The largest absolute Gasteiger partial charge is 0.343 e. The second kappa shape index (κ2) is 9.04. The van der Waals surface area contributed by atoms with E-state index >= 15 is 0 Å².